The average molecular weight is 702 g/mol. The van der Waals surface area contributed by atoms with Gasteiger partial charge in [-0.05, 0) is 61.0 Å². The number of fused-ring (bicyclic) bond motifs is 1. The molecule has 1 fully saturated rings. The minimum atomic E-state index is -4.56. The molecule has 4 aromatic rings. The number of nitro groups is 1. The van der Waals surface area contributed by atoms with Crippen molar-refractivity contribution in [2.45, 2.75) is 24.9 Å². The van der Waals surface area contributed by atoms with E-state index in [2.05, 4.69) is 4.99 Å². The highest BCUT2D eigenvalue weighted by atomic mass is 32.2. The minimum absolute atomic E-state index is 0.104. The molecule has 1 amide bonds. The first kappa shape index (κ1) is 33.3. The van der Waals surface area contributed by atoms with Gasteiger partial charge < -0.3 is 23.0 Å². The molecule has 2 heterocycles. The number of nitro benzene ring substituents is 1. The van der Waals surface area contributed by atoms with E-state index in [-0.39, 0.29) is 41.9 Å². The number of carbonyl (C=O) groups excluding carboxylic acids is 2. The molecule has 2 aliphatic rings. The summed E-state index contributed by atoms with van der Waals surface area (Å²) in [5.41, 5.74) is -0.0150. The van der Waals surface area contributed by atoms with Crippen molar-refractivity contribution >= 4 is 42.2 Å². The van der Waals surface area contributed by atoms with Crippen molar-refractivity contribution in [2.24, 2.45) is 4.99 Å². The van der Waals surface area contributed by atoms with Crippen molar-refractivity contribution in [3.05, 3.63) is 142 Å². The largest absolute Gasteiger partial charge is 0.646 e. The van der Waals surface area contributed by atoms with Crippen LogP contribution in [0.1, 0.15) is 12.5 Å². The lowest BCUT2D eigenvalue weighted by Crippen LogP contribution is -2.61. The summed E-state index contributed by atoms with van der Waals surface area (Å²) in [7, 11) is -4.56. The first-order valence-electron chi connectivity index (χ1n) is 14.8. The van der Waals surface area contributed by atoms with Crippen LogP contribution in [0.3, 0.4) is 0 Å². The molecular weight excluding hydrogens is 673 g/mol. The number of rotatable bonds is 14. The maximum absolute atomic E-state index is 14.2. The molecule has 4 aromatic carbocycles. The number of hydrogen-bond acceptors (Lipinski definition) is 12. The molecule has 0 saturated carbocycles. The van der Waals surface area contributed by atoms with E-state index in [0.29, 0.717) is 16.4 Å². The summed E-state index contributed by atoms with van der Waals surface area (Å²) < 4.78 is 42.9. The first-order valence-corrected chi connectivity index (χ1v) is 17.2. The summed E-state index contributed by atoms with van der Waals surface area (Å²) in [6.07, 6.45) is 0. The zero-order valence-corrected chi connectivity index (χ0v) is 27.5. The van der Waals surface area contributed by atoms with Crippen LogP contribution in [-0.2, 0) is 30.0 Å². The summed E-state index contributed by atoms with van der Waals surface area (Å²) in [6, 6.07) is 30.1. The lowest BCUT2D eigenvalue weighted by molar-refractivity contribution is -0.384. The number of para-hydroxylation sites is 3. The molecule has 0 aromatic heterocycles. The monoisotopic (exact) mass is 701 g/mol. The van der Waals surface area contributed by atoms with Gasteiger partial charge in [0, 0.05) is 12.1 Å². The van der Waals surface area contributed by atoms with Crippen LogP contribution < -0.4 is 13.8 Å². The van der Waals surface area contributed by atoms with Crippen LogP contribution in [0.25, 0.3) is 0 Å². The van der Waals surface area contributed by atoms with E-state index in [9.17, 15) is 24.3 Å². The predicted molar refractivity (Wildman–Crippen MR) is 180 cm³/mol. The topological polar surface area (TPSA) is 156 Å². The standard InChI is InChI=1S/C34H28N3O10PS/c1-23(45-48(42,46-27-13-7-3-8-14-27)47-28-15-9-4-10-16-28)31(34(39)44-21-24-17-19-25(20-18-24)37(40)41)36-32(38)30-33(36)49-29(35-30)22-43-26-11-5-2-6-12-26/h2-20,30,33H,21-22H2,1H3/b31-23+. The fraction of sp³-hybridized carbons (Fsp3) is 0.147. The number of phosphoric ester groups is 1. The number of ether oxygens (including phenoxy) is 2. The van der Waals surface area contributed by atoms with Crippen LogP contribution in [0, 0.1) is 10.1 Å². The molecule has 2 aliphatic heterocycles. The molecule has 2 atom stereocenters. The van der Waals surface area contributed by atoms with Crippen LogP contribution >= 0.6 is 19.6 Å². The molecule has 0 N–H and O–H groups in total. The summed E-state index contributed by atoms with van der Waals surface area (Å²) >= 11 is 1.23. The molecule has 6 rings (SSSR count). The van der Waals surface area contributed by atoms with Crippen molar-refractivity contribution in [1.29, 1.82) is 0 Å². The number of carbonyl (C=O) groups is 2. The van der Waals surface area contributed by atoms with Gasteiger partial charge in [0.25, 0.3) is 11.6 Å². The molecule has 49 heavy (non-hydrogen) atoms. The van der Waals surface area contributed by atoms with Gasteiger partial charge in [0.2, 0.25) is 0 Å². The average Bonchev–Trinajstić information content (AvgIpc) is 3.49. The third kappa shape index (κ3) is 7.94. The molecule has 1 saturated heterocycles. The van der Waals surface area contributed by atoms with Gasteiger partial charge in [-0.15, -0.1) is 0 Å². The molecule has 13 nitrogen and oxygen atoms in total. The Kier molecular flexibility index (Phi) is 9.97. The van der Waals surface area contributed by atoms with Gasteiger partial charge in [-0.3, -0.25) is 24.8 Å². The molecular formula is C34H28N3O10PS. The third-order valence-electron chi connectivity index (χ3n) is 7.11. The number of esters is 1. The summed E-state index contributed by atoms with van der Waals surface area (Å²) in [4.78, 5) is 43.5. The van der Waals surface area contributed by atoms with Crippen LogP contribution in [0.5, 0.6) is 17.2 Å². The minimum Gasteiger partial charge on any atom is -0.487 e. The van der Waals surface area contributed by atoms with Crippen molar-refractivity contribution in [2.75, 3.05) is 6.61 Å². The maximum atomic E-state index is 14.2. The Morgan fingerprint density at radius 1 is 0.857 bits per heavy atom. The second-order valence-corrected chi connectivity index (χ2v) is 13.2. The number of thioether (sulfide) groups is 1. The number of aliphatic imine (C=N–C) groups is 1. The number of non-ortho nitro benzene ring substituents is 1. The van der Waals surface area contributed by atoms with Gasteiger partial charge >= 0.3 is 13.8 Å². The summed E-state index contributed by atoms with van der Waals surface area (Å²) in [5.74, 6) is -0.811. The Hall–Kier alpha value is -5.59. The van der Waals surface area contributed by atoms with Gasteiger partial charge in [-0.2, -0.15) is 4.57 Å². The normalized spacial score (nSPS) is 17.1. The number of allylic oxidation sites excluding steroid dienone is 1. The van der Waals surface area contributed by atoms with Crippen LogP contribution in [0.2, 0.25) is 0 Å². The highest BCUT2D eigenvalue weighted by Crippen LogP contribution is 2.52. The number of amides is 1. The molecule has 15 heteroatoms. The van der Waals surface area contributed by atoms with Crippen LogP contribution in [0.15, 0.2) is 132 Å². The molecule has 250 valence electrons. The number of β-lactam (4-membered cyclic amide) rings is 1. The van der Waals surface area contributed by atoms with E-state index in [1.54, 1.807) is 72.8 Å². The van der Waals surface area contributed by atoms with Crippen LogP contribution in [0.4, 0.5) is 5.69 Å². The van der Waals surface area contributed by atoms with Crippen molar-refractivity contribution < 1.29 is 42.1 Å². The van der Waals surface area contributed by atoms with Crippen LogP contribution in [-0.4, -0.2) is 44.8 Å². The Balaban J connectivity index is 1.28. The predicted octanol–water partition coefficient (Wildman–Crippen LogP) is 6.91. The number of phosphoric acid groups is 1. The van der Waals surface area contributed by atoms with Gasteiger partial charge in [0.1, 0.15) is 46.6 Å². The van der Waals surface area contributed by atoms with E-state index in [1.165, 1.54) is 47.9 Å². The van der Waals surface area contributed by atoms with Gasteiger partial charge in [-0.25, -0.2) is 4.79 Å². The van der Waals surface area contributed by atoms with E-state index in [4.69, 9.17) is 23.0 Å². The molecule has 0 aliphatic carbocycles. The Morgan fingerprint density at radius 3 is 1.96 bits per heavy atom. The van der Waals surface area contributed by atoms with Crippen molar-refractivity contribution in [1.82, 2.24) is 4.90 Å². The maximum Gasteiger partial charge on any atom is 0.646 e. The first-order chi connectivity index (χ1) is 23.7. The molecule has 0 bridgehead atoms. The lowest BCUT2D eigenvalue weighted by Gasteiger charge is -2.41. The lowest BCUT2D eigenvalue weighted by atomic mass is 10.1. The zero-order chi connectivity index (χ0) is 34.4. The van der Waals surface area contributed by atoms with Gasteiger partial charge in [-0.1, -0.05) is 66.4 Å². The van der Waals surface area contributed by atoms with E-state index < -0.39 is 36.0 Å². The zero-order valence-electron chi connectivity index (χ0n) is 25.8. The number of likely N-dealkylation sites (tertiary alicyclic amines) is 1. The quantitative estimate of drug-likeness (QED) is 0.0256. The second kappa shape index (κ2) is 14.7. The fourth-order valence-corrected chi connectivity index (χ4v) is 7.31. The van der Waals surface area contributed by atoms with Crippen molar-refractivity contribution in [3.8, 4) is 17.2 Å². The highest BCUT2D eigenvalue weighted by Gasteiger charge is 2.56. The number of nitrogens with zero attached hydrogens (tertiary/aromatic N) is 3. The Labute approximate surface area is 284 Å². The highest BCUT2D eigenvalue weighted by molar-refractivity contribution is 8.15. The molecule has 2 unspecified atom stereocenters. The molecule has 0 spiro atoms. The third-order valence-corrected chi connectivity index (χ3v) is 9.69. The Bertz CT molecular complexity index is 1900. The van der Waals surface area contributed by atoms with E-state index >= 15 is 0 Å². The fourth-order valence-electron chi connectivity index (χ4n) is 4.81. The van der Waals surface area contributed by atoms with Gasteiger partial charge in [0.05, 0.1) is 4.92 Å². The summed E-state index contributed by atoms with van der Waals surface area (Å²) in [6.45, 7) is 1.16. The summed E-state index contributed by atoms with van der Waals surface area (Å²) in [5, 5.41) is 11.0. The molecule has 0 radical (unpaired) electrons. The number of hydrogen-bond donors (Lipinski definition) is 0. The SMILES string of the molecule is C/C(OP(=O)(Oc1ccccc1)Oc1ccccc1)=C(/C(=O)OCc1ccc([N+](=O)[O-])cc1)N1C(=O)C2N=C(COc3ccccc3)SC21. The van der Waals surface area contributed by atoms with Crippen molar-refractivity contribution in [3.63, 3.8) is 0 Å². The Morgan fingerprint density at radius 2 is 1.41 bits per heavy atom. The second-order valence-electron chi connectivity index (χ2n) is 10.5. The van der Waals surface area contributed by atoms with E-state index in [1.807, 2.05) is 18.2 Å². The smallest absolute Gasteiger partial charge is 0.487 e. The number of benzene rings is 4. The van der Waals surface area contributed by atoms with Gasteiger partial charge in [0.15, 0.2) is 11.7 Å². The van der Waals surface area contributed by atoms with E-state index in [0.717, 1.165) is 0 Å².